The minimum Gasteiger partial charge on any atom is -0.481 e. The number of nitrogens with two attached hydrogens (primary N) is 1. The van der Waals surface area contributed by atoms with E-state index in [1.54, 1.807) is 19.1 Å². The molecule has 0 spiro atoms. The fourth-order valence-electron chi connectivity index (χ4n) is 1.91. The van der Waals surface area contributed by atoms with E-state index in [-0.39, 0.29) is 10.9 Å². The van der Waals surface area contributed by atoms with Crippen LogP contribution in [0.4, 0.5) is 0 Å². The van der Waals surface area contributed by atoms with Gasteiger partial charge in [0.05, 0.1) is 17.4 Å². The van der Waals surface area contributed by atoms with Gasteiger partial charge in [-0.1, -0.05) is 12.1 Å². The molecule has 2 unspecified atom stereocenters. The van der Waals surface area contributed by atoms with Crippen molar-refractivity contribution in [1.82, 2.24) is 5.32 Å². The van der Waals surface area contributed by atoms with E-state index in [0.717, 1.165) is 11.8 Å². The summed E-state index contributed by atoms with van der Waals surface area (Å²) in [6.45, 7) is 1.76. The molecule has 0 aromatic heterocycles. The van der Waals surface area contributed by atoms with Gasteiger partial charge in [-0.05, 0) is 31.0 Å². The van der Waals surface area contributed by atoms with Gasteiger partial charge in [0.1, 0.15) is 0 Å². The summed E-state index contributed by atoms with van der Waals surface area (Å²) in [5, 5.41) is 11.2. The zero-order valence-electron chi connectivity index (χ0n) is 12.4. The highest BCUT2D eigenvalue weighted by Gasteiger charge is 2.18. The van der Waals surface area contributed by atoms with Crippen LogP contribution < -0.4 is 11.1 Å². The van der Waals surface area contributed by atoms with Gasteiger partial charge in [0.15, 0.2) is 9.84 Å². The van der Waals surface area contributed by atoms with Crippen molar-refractivity contribution in [2.24, 2.45) is 5.73 Å². The molecule has 0 radical (unpaired) electrons. The maximum Gasteiger partial charge on any atom is 0.305 e. The second kappa shape index (κ2) is 7.37. The largest absolute Gasteiger partial charge is 0.481 e. The summed E-state index contributed by atoms with van der Waals surface area (Å²) in [5.41, 5.74) is 6.32. The number of carbonyl (C=O) groups excluding carboxylic acids is 1. The lowest BCUT2D eigenvalue weighted by Gasteiger charge is -2.17. The van der Waals surface area contributed by atoms with E-state index in [1.165, 1.54) is 12.1 Å². The zero-order chi connectivity index (χ0) is 16.9. The Kier molecular flexibility index (Phi) is 6.07. The predicted molar refractivity (Wildman–Crippen MR) is 81.1 cm³/mol. The normalized spacial score (nSPS) is 14.1. The molecule has 1 aromatic carbocycles. The molecular weight excluding hydrogens is 308 g/mol. The van der Waals surface area contributed by atoms with Crippen LogP contribution in [0.1, 0.15) is 18.9 Å². The third kappa shape index (κ3) is 5.82. The third-order valence-corrected chi connectivity index (χ3v) is 4.14. The fourth-order valence-corrected chi connectivity index (χ4v) is 2.54. The summed E-state index contributed by atoms with van der Waals surface area (Å²) in [6, 6.07) is 5.03. The van der Waals surface area contributed by atoms with Crippen LogP contribution in [0.3, 0.4) is 0 Å². The first kappa shape index (κ1) is 18.1. The van der Waals surface area contributed by atoms with Crippen LogP contribution in [0.15, 0.2) is 29.2 Å². The molecule has 2 atom stereocenters. The van der Waals surface area contributed by atoms with Crippen LogP contribution in [0.5, 0.6) is 0 Å². The highest BCUT2D eigenvalue weighted by molar-refractivity contribution is 7.90. The first-order valence-corrected chi connectivity index (χ1v) is 8.55. The number of hydrogen-bond acceptors (Lipinski definition) is 5. The molecule has 1 amide bonds. The Morgan fingerprint density at radius 1 is 1.27 bits per heavy atom. The molecule has 0 saturated heterocycles. The molecule has 8 heteroatoms. The molecule has 4 N–H and O–H groups in total. The maximum absolute atomic E-state index is 11.7. The van der Waals surface area contributed by atoms with Crippen molar-refractivity contribution < 1.29 is 23.1 Å². The highest BCUT2D eigenvalue weighted by Crippen LogP contribution is 2.11. The van der Waals surface area contributed by atoms with E-state index in [2.05, 4.69) is 5.32 Å². The molecule has 7 nitrogen and oxygen atoms in total. The second-order valence-electron chi connectivity index (χ2n) is 5.23. The number of hydrogen-bond donors (Lipinski definition) is 3. The quantitative estimate of drug-likeness (QED) is 0.643. The van der Waals surface area contributed by atoms with E-state index in [0.29, 0.717) is 6.42 Å². The van der Waals surface area contributed by atoms with Crippen LogP contribution in [0, 0.1) is 0 Å². The number of benzene rings is 1. The maximum atomic E-state index is 11.7. The summed E-state index contributed by atoms with van der Waals surface area (Å²) < 4.78 is 22.7. The lowest BCUT2D eigenvalue weighted by molar-refractivity contribution is -0.139. The monoisotopic (exact) mass is 328 g/mol. The smallest absolute Gasteiger partial charge is 0.305 e. The minimum atomic E-state index is -3.23. The Bertz CT molecular complexity index is 640. The van der Waals surface area contributed by atoms with E-state index in [4.69, 9.17) is 10.8 Å². The second-order valence-corrected chi connectivity index (χ2v) is 7.25. The minimum absolute atomic E-state index is 0.233. The van der Waals surface area contributed by atoms with Crippen LogP contribution >= 0.6 is 0 Å². The van der Waals surface area contributed by atoms with E-state index < -0.39 is 34.2 Å². The van der Waals surface area contributed by atoms with Gasteiger partial charge in [-0.25, -0.2) is 8.42 Å². The number of amides is 1. The molecule has 0 aliphatic rings. The Morgan fingerprint density at radius 2 is 1.82 bits per heavy atom. The van der Waals surface area contributed by atoms with Crippen LogP contribution in [0.25, 0.3) is 0 Å². The van der Waals surface area contributed by atoms with E-state index in [9.17, 15) is 18.0 Å². The Morgan fingerprint density at radius 3 is 2.27 bits per heavy atom. The molecule has 0 aliphatic heterocycles. The topological polar surface area (TPSA) is 127 Å². The number of carboxylic acid groups (broad SMARTS) is 1. The van der Waals surface area contributed by atoms with Gasteiger partial charge in [0.25, 0.3) is 0 Å². The van der Waals surface area contributed by atoms with Gasteiger partial charge in [-0.15, -0.1) is 0 Å². The molecular formula is C14H20N2O5S. The number of rotatable bonds is 7. The summed E-state index contributed by atoms with van der Waals surface area (Å²) in [6.07, 6.45) is 1.19. The molecule has 1 rings (SSSR count). The van der Waals surface area contributed by atoms with Gasteiger partial charge < -0.3 is 16.2 Å². The summed E-state index contributed by atoms with van der Waals surface area (Å²) in [4.78, 5) is 22.4. The van der Waals surface area contributed by atoms with Crippen molar-refractivity contribution in [3.63, 3.8) is 0 Å². The van der Waals surface area contributed by atoms with Crippen molar-refractivity contribution in [2.45, 2.75) is 36.7 Å². The van der Waals surface area contributed by atoms with Crippen LogP contribution in [0.2, 0.25) is 0 Å². The van der Waals surface area contributed by atoms with E-state index in [1.807, 2.05) is 0 Å². The molecule has 0 heterocycles. The zero-order valence-corrected chi connectivity index (χ0v) is 13.3. The number of carboxylic acids is 1. The number of aliphatic carboxylic acids is 1. The molecule has 0 aliphatic carbocycles. The van der Waals surface area contributed by atoms with Crippen molar-refractivity contribution in [3.8, 4) is 0 Å². The van der Waals surface area contributed by atoms with Gasteiger partial charge in [0, 0.05) is 12.3 Å². The molecule has 22 heavy (non-hydrogen) atoms. The average Bonchev–Trinajstić information content (AvgIpc) is 2.37. The molecule has 0 fully saturated rings. The Labute approximate surface area is 129 Å². The number of nitrogens with one attached hydrogen (secondary N) is 1. The Hall–Kier alpha value is -1.93. The fraction of sp³-hybridized carbons (Fsp3) is 0.429. The molecule has 0 bridgehead atoms. The van der Waals surface area contributed by atoms with Gasteiger partial charge >= 0.3 is 5.97 Å². The van der Waals surface area contributed by atoms with Crippen molar-refractivity contribution in [3.05, 3.63) is 29.8 Å². The highest BCUT2D eigenvalue weighted by atomic mass is 32.2. The van der Waals surface area contributed by atoms with Crippen LogP contribution in [-0.4, -0.2) is 43.7 Å². The summed E-state index contributed by atoms with van der Waals surface area (Å²) >= 11 is 0. The SMILES string of the molecule is CC(Cc1ccc(S(C)(=O)=O)cc1)NC(=O)C(N)CC(=O)O. The molecule has 1 aromatic rings. The Balaban J connectivity index is 2.60. The molecule has 0 saturated carbocycles. The number of sulfone groups is 1. The lowest BCUT2D eigenvalue weighted by atomic mass is 10.1. The van der Waals surface area contributed by atoms with Crippen LogP contribution in [-0.2, 0) is 25.8 Å². The van der Waals surface area contributed by atoms with E-state index >= 15 is 0 Å². The third-order valence-electron chi connectivity index (χ3n) is 3.01. The van der Waals surface area contributed by atoms with Crippen molar-refractivity contribution in [2.75, 3.05) is 6.26 Å². The van der Waals surface area contributed by atoms with Crippen molar-refractivity contribution >= 4 is 21.7 Å². The van der Waals surface area contributed by atoms with Gasteiger partial charge in [-0.2, -0.15) is 0 Å². The predicted octanol–water partition coefficient (Wildman–Crippen LogP) is -0.0607. The average molecular weight is 328 g/mol. The first-order chi connectivity index (χ1) is 10.1. The molecule has 122 valence electrons. The first-order valence-electron chi connectivity index (χ1n) is 6.66. The van der Waals surface area contributed by atoms with Gasteiger partial charge in [-0.3, -0.25) is 9.59 Å². The van der Waals surface area contributed by atoms with Crippen molar-refractivity contribution in [1.29, 1.82) is 0 Å². The number of carbonyl (C=O) groups is 2. The summed E-state index contributed by atoms with van der Waals surface area (Å²) in [7, 11) is -3.23. The lowest BCUT2D eigenvalue weighted by Crippen LogP contribution is -2.46. The standard InChI is InChI=1S/C14H20N2O5S/c1-9(16-14(19)12(15)8-13(17)18)7-10-3-5-11(6-4-10)22(2,20)21/h3-6,9,12H,7-8,15H2,1-2H3,(H,16,19)(H,17,18). The summed E-state index contributed by atoms with van der Waals surface area (Å²) in [5.74, 6) is -1.66. The van der Waals surface area contributed by atoms with Gasteiger partial charge in [0.2, 0.25) is 5.91 Å².